The molecule has 1 amide bonds. The lowest BCUT2D eigenvalue weighted by Crippen LogP contribution is -2.63. The molecule has 124 valence electrons. The molecule has 0 radical (unpaired) electrons. The molecule has 1 N–H and O–H groups in total. The van der Waals surface area contributed by atoms with Gasteiger partial charge >= 0.3 is 0 Å². The third kappa shape index (κ3) is 2.63. The smallest absolute Gasteiger partial charge is 0.244 e. The number of rotatable bonds is 5. The highest BCUT2D eigenvalue weighted by Crippen LogP contribution is 2.59. The third-order valence-corrected chi connectivity index (χ3v) is 6.38. The van der Waals surface area contributed by atoms with E-state index in [-0.39, 0.29) is 11.5 Å². The van der Waals surface area contributed by atoms with E-state index < -0.39 is 0 Å². The summed E-state index contributed by atoms with van der Waals surface area (Å²) in [4.78, 5) is 12.1. The number of amides is 1. The van der Waals surface area contributed by atoms with Crippen LogP contribution in [0.5, 0.6) is 0 Å². The van der Waals surface area contributed by atoms with Gasteiger partial charge in [0.2, 0.25) is 5.91 Å². The van der Waals surface area contributed by atoms with Crippen LogP contribution < -0.4 is 5.32 Å². The Morgan fingerprint density at radius 1 is 1.30 bits per heavy atom. The van der Waals surface area contributed by atoms with Crippen molar-refractivity contribution in [2.75, 3.05) is 13.7 Å². The van der Waals surface area contributed by atoms with Gasteiger partial charge in [-0.05, 0) is 74.0 Å². The Morgan fingerprint density at radius 2 is 2.00 bits per heavy atom. The van der Waals surface area contributed by atoms with Gasteiger partial charge in [0.05, 0.1) is 11.9 Å². The van der Waals surface area contributed by atoms with Crippen molar-refractivity contribution in [2.45, 2.75) is 37.7 Å². The predicted molar refractivity (Wildman–Crippen MR) is 87.5 cm³/mol. The Balaban J connectivity index is 1.41. The van der Waals surface area contributed by atoms with Crippen LogP contribution in [-0.4, -0.2) is 25.2 Å². The van der Waals surface area contributed by atoms with E-state index in [0.29, 0.717) is 24.1 Å². The van der Waals surface area contributed by atoms with Crippen molar-refractivity contribution in [1.29, 1.82) is 0 Å². The lowest BCUT2D eigenvalue weighted by atomic mass is 9.49. The summed E-state index contributed by atoms with van der Waals surface area (Å²) in [7, 11) is 1.83. The molecule has 1 aromatic rings. The standard InChI is InChI=1S/C19H25NO3/c1-22-19(12-20-18(21)5-4-17-3-2-6-23-17)15-8-13-7-14(10-15)11-16(19)9-13/h2-6,13-16H,7-12H2,1H3,(H,20,21)/b5-4+. The number of hydrogen-bond donors (Lipinski definition) is 1. The second-order valence-corrected chi connectivity index (χ2v) is 7.53. The summed E-state index contributed by atoms with van der Waals surface area (Å²) in [6, 6.07) is 3.64. The van der Waals surface area contributed by atoms with Crippen molar-refractivity contribution < 1.29 is 13.9 Å². The molecule has 0 spiro atoms. The van der Waals surface area contributed by atoms with Gasteiger partial charge in [-0.25, -0.2) is 0 Å². The largest absolute Gasteiger partial charge is 0.465 e. The topological polar surface area (TPSA) is 51.5 Å². The highest BCUT2D eigenvalue weighted by atomic mass is 16.5. The quantitative estimate of drug-likeness (QED) is 0.849. The molecule has 0 aliphatic heterocycles. The van der Waals surface area contributed by atoms with Gasteiger partial charge in [0.15, 0.2) is 0 Å². The van der Waals surface area contributed by atoms with Crippen LogP contribution in [0.3, 0.4) is 0 Å². The zero-order chi connectivity index (χ0) is 15.9. The maximum atomic E-state index is 12.1. The maximum Gasteiger partial charge on any atom is 0.244 e. The van der Waals surface area contributed by atoms with Crippen molar-refractivity contribution in [3.05, 3.63) is 30.2 Å². The third-order valence-electron chi connectivity index (χ3n) is 6.38. The van der Waals surface area contributed by atoms with Crippen LogP contribution in [0, 0.1) is 23.7 Å². The fourth-order valence-electron chi connectivity index (χ4n) is 5.50. The number of ether oxygens (including phenoxy) is 1. The molecule has 1 heterocycles. The number of carbonyl (C=O) groups is 1. The molecule has 4 aliphatic rings. The van der Waals surface area contributed by atoms with E-state index in [1.807, 2.05) is 19.2 Å². The predicted octanol–water partition coefficient (Wildman–Crippen LogP) is 3.25. The van der Waals surface area contributed by atoms with Crippen molar-refractivity contribution >= 4 is 12.0 Å². The van der Waals surface area contributed by atoms with Gasteiger partial charge in [-0.2, -0.15) is 0 Å². The molecule has 1 aromatic heterocycles. The van der Waals surface area contributed by atoms with E-state index in [9.17, 15) is 4.79 Å². The second-order valence-electron chi connectivity index (χ2n) is 7.53. The maximum absolute atomic E-state index is 12.1. The lowest BCUT2D eigenvalue weighted by molar-refractivity contribution is -0.187. The summed E-state index contributed by atoms with van der Waals surface area (Å²) in [6.45, 7) is 0.625. The molecule has 4 nitrogen and oxygen atoms in total. The molecule has 0 unspecified atom stereocenters. The number of nitrogens with one attached hydrogen (secondary N) is 1. The van der Waals surface area contributed by atoms with E-state index in [4.69, 9.17) is 9.15 Å². The summed E-state index contributed by atoms with van der Waals surface area (Å²) < 4.78 is 11.3. The Morgan fingerprint density at radius 3 is 2.57 bits per heavy atom. The minimum atomic E-state index is -0.151. The van der Waals surface area contributed by atoms with E-state index >= 15 is 0 Å². The first-order valence-electron chi connectivity index (χ1n) is 8.74. The SMILES string of the molecule is COC1(CNC(=O)/C=C/c2ccco2)C2CC3CC(C2)CC1C3. The fourth-order valence-corrected chi connectivity index (χ4v) is 5.50. The molecule has 0 aromatic carbocycles. The van der Waals surface area contributed by atoms with Gasteiger partial charge in [0, 0.05) is 19.7 Å². The van der Waals surface area contributed by atoms with Crippen LogP contribution in [0.25, 0.3) is 6.08 Å². The molecule has 0 atom stereocenters. The first-order valence-corrected chi connectivity index (χ1v) is 8.74. The van der Waals surface area contributed by atoms with E-state index in [0.717, 1.165) is 11.8 Å². The van der Waals surface area contributed by atoms with Crippen molar-refractivity contribution in [2.24, 2.45) is 23.7 Å². The first kappa shape index (κ1) is 15.0. The molecule has 4 aliphatic carbocycles. The van der Waals surface area contributed by atoms with Crippen LogP contribution >= 0.6 is 0 Å². The minimum absolute atomic E-state index is 0.0772. The average Bonchev–Trinajstić information content (AvgIpc) is 3.06. The normalized spacial score (nSPS) is 38.3. The van der Waals surface area contributed by atoms with E-state index in [1.165, 1.54) is 38.2 Å². The molecule has 4 fully saturated rings. The fraction of sp³-hybridized carbons (Fsp3) is 0.632. The second kappa shape index (κ2) is 5.82. The highest BCUT2D eigenvalue weighted by Gasteiger charge is 2.57. The van der Waals surface area contributed by atoms with Crippen LogP contribution in [0.2, 0.25) is 0 Å². The van der Waals surface area contributed by atoms with Crippen LogP contribution in [-0.2, 0) is 9.53 Å². The summed E-state index contributed by atoms with van der Waals surface area (Å²) in [6.07, 6.45) is 11.4. The van der Waals surface area contributed by atoms with Gasteiger partial charge in [0.25, 0.3) is 0 Å². The average molecular weight is 315 g/mol. The molecule has 0 saturated heterocycles. The molecule has 5 rings (SSSR count). The zero-order valence-electron chi connectivity index (χ0n) is 13.7. The van der Waals surface area contributed by atoms with Crippen molar-refractivity contribution in [3.63, 3.8) is 0 Å². The molecular formula is C19H25NO3. The van der Waals surface area contributed by atoms with Gasteiger partial charge in [-0.3, -0.25) is 4.79 Å². The van der Waals surface area contributed by atoms with Gasteiger partial charge in [0.1, 0.15) is 5.76 Å². The van der Waals surface area contributed by atoms with Gasteiger partial charge in [-0.1, -0.05) is 0 Å². The van der Waals surface area contributed by atoms with E-state index in [2.05, 4.69) is 5.32 Å². The van der Waals surface area contributed by atoms with Gasteiger partial charge < -0.3 is 14.5 Å². The monoisotopic (exact) mass is 315 g/mol. The number of hydrogen-bond acceptors (Lipinski definition) is 3. The van der Waals surface area contributed by atoms with Crippen LogP contribution in [0.15, 0.2) is 28.9 Å². The Hall–Kier alpha value is -1.55. The number of methoxy groups -OCH3 is 1. The van der Waals surface area contributed by atoms with Crippen molar-refractivity contribution in [3.8, 4) is 0 Å². The first-order chi connectivity index (χ1) is 11.2. The Kier molecular flexibility index (Phi) is 3.80. The van der Waals surface area contributed by atoms with Crippen molar-refractivity contribution in [1.82, 2.24) is 5.32 Å². The summed E-state index contributed by atoms with van der Waals surface area (Å²) in [5.74, 6) is 3.63. The zero-order valence-corrected chi connectivity index (χ0v) is 13.7. The Labute approximate surface area is 137 Å². The van der Waals surface area contributed by atoms with Crippen LogP contribution in [0.4, 0.5) is 0 Å². The molecular weight excluding hydrogens is 290 g/mol. The van der Waals surface area contributed by atoms with Gasteiger partial charge in [-0.15, -0.1) is 0 Å². The van der Waals surface area contributed by atoms with E-state index in [1.54, 1.807) is 12.3 Å². The minimum Gasteiger partial charge on any atom is -0.465 e. The lowest BCUT2D eigenvalue weighted by Gasteiger charge is -2.60. The number of carbonyl (C=O) groups excluding carboxylic acids is 1. The summed E-state index contributed by atoms with van der Waals surface area (Å²) in [5.41, 5.74) is -0.151. The molecule has 4 bridgehead atoms. The summed E-state index contributed by atoms with van der Waals surface area (Å²) in [5, 5.41) is 3.07. The molecule has 4 heteroatoms. The summed E-state index contributed by atoms with van der Waals surface area (Å²) >= 11 is 0. The number of furan rings is 1. The van der Waals surface area contributed by atoms with Crippen LogP contribution in [0.1, 0.15) is 37.9 Å². The molecule has 23 heavy (non-hydrogen) atoms. The molecule has 4 saturated carbocycles. The Bertz CT molecular complexity index is 562. The highest BCUT2D eigenvalue weighted by molar-refractivity contribution is 5.91.